The van der Waals surface area contributed by atoms with Crippen LogP contribution in [0.3, 0.4) is 0 Å². The molecule has 0 atom stereocenters. The summed E-state index contributed by atoms with van der Waals surface area (Å²) in [5, 5.41) is 6.44. The Morgan fingerprint density at radius 1 is 1.38 bits per heavy atom. The molecule has 0 aliphatic rings. The average Bonchev–Trinajstić information content (AvgIpc) is 2.24. The Hall–Kier alpha value is -1.06. The minimum Gasteiger partial charge on any atom is -0.351 e. The standard InChI is InChI=1S/C12H17ClN2O/c1-3-14-6-7-15-12(16)10-5-4-9(2)8-11(10)13/h4-5,8,14H,3,6-7H2,1-2H3,(H,15,16). The largest absolute Gasteiger partial charge is 0.351 e. The maximum absolute atomic E-state index is 11.7. The average molecular weight is 241 g/mol. The Kier molecular flexibility index (Phi) is 5.29. The third-order valence-electron chi connectivity index (χ3n) is 2.21. The number of carbonyl (C=O) groups is 1. The summed E-state index contributed by atoms with van der Waals surface area (Å²) < 4.78 is 0. The number of nitrogens with one attached hydrogen (secondary N) is 2. The Labute approximate surface area is 101 Å². The molecule has 0 spiro atoms. The molecule has 0 aliphatic carbocycles. The van der Waals surface area contributed by atoms with Crippen molar-refractivity contribution in [3.05, 3.63) is 34.3 Å². The fourth-order valence-electron chi connectivity index (χ4n) is 1.34. The molecule has 0 unspecified atom stereocenters. The molecule has 1 aromatic rings. The number of carbonyl (C=O) groups excluding carboxylic acids is 1. The van der Waals surface area contributed by atoms with Crippen molar-refractivity contribution in [3.63, 3.8) is 0 Å². The molecule has 4 heteroatoms. The summed E-state index contributed by atoms with van der Waals surface area (Å²) >= 11 is 5.99. The number of hydrogen-bond acceptors (Lipinski definition) is 2. The topological polar surface area (TPSA) is 41.1 Å². The molecule has 16 heavy (non-hydrogen) atoms. The number of aryl methyl sites for hydroxylation is 1. The molecule has 1 amide bonds. The van der Waals surface area contributed by atoms with Crippen LogP contribution in [-0.4, -0.2) is 25.5 Å². The highest BCUT2D eigenvalue weighted by atomic mass is 35.5. The Bertz CT molecular complexity index is 366. The lowest BCUT2D eigenvalue weighted by Gasteiger charge is -2.07. The van der Waals surface area contributed by atoms with Crippen molar-refractivity contribution in [1.29, 1.82) is 0 Å². The van der Waals surface area contributed by atoms with E-state index >= 15 is 0 Å². The number of halogens is 1. The van der Waals surface area contributed by atoms with Gasteiger partial charge in [-0.25, -0.2) is 0 Å². The van der Waals surface area contributed by atoms with Crippen molar-refractivity contribution in [2.45, 2.75) is 13.8 Å². The summed E-state index contributed by atoms with van der Waals surface area (Å²) in [6.07, 6.45) is 0. The molecule has 0 bridgehead atoms. The zero-order valence-electron chi connectivity index (χ0n) is 9.64. The highest BCUT2D eigenvalue weighted by Gasteiger charge is 2.08. The van der Waals surface area contributed by atoms with E-state index in [9.17, 15) is 4.79 Å². The lowest BCUT2D eigenvalue weighted by Crippen LogP contribution is -2.31. The predicted octanol–water partition coefficient (Wildman–Crippen LogP) is 1.99. The monoisotopic (exact) mass is 240 g/mol. The summed E-state index contributed by atoms with van der Waals surface area (Å²) in [6, 6.07) is 5.42. The number of likely N-dealkylation sites (N-methyl/N-ethyl adjacent to an activating group) is 1. The first-order valence-corrected chi connectivity index (χ1v) is 5.78. The third kappa shape index (κ3) is 3.83. The number of benzene rings is 1. The van der Waals surface area contributed by atoms with Crippen LogP contribution in [0, 0.1) is 6.92 Å². The Morgan fingerprint density at radius 3 is 2.75 bits per heavy atom. The van der Waals surface area contributed by atoms with Gasteiger partial charge in [-0.05, 0) is 31.2 Å². The first kappa shape index (κ1) is 13.0. The predicted molar refractivity (Wildman–Crippen MR) is 67.1 cm³/mol. The van der Waals surface area contributed by atoms with Gasteiger partial charge in [-0.3, -0.25) is 4.79 Å². The molecule has 0 heterocycles. The first-order valence-electron chi connectivity index (χ1n) is 5.40. The van der Waals surface area contributed by atoms with Crippen molar-refractivity contribution < 1.29 is 4.79 Å². The quantitative estimate of drug-likeness (QED) is 0.773. The van der Waals surface area contributed by atoms with Crippen molar-refractivity contribution in [1.82, 2.24) is 10.6 Å². The van der Waals surface area contributed by atoms with E-state index < -0.39 is 0 Å². The fraction of sp³-hybridized carbons (Fsp3) is 0.417. The molecule has 0 fully saturated rings. The normalized spacial score (nSPS) is 10.2. The first-order chi connectivity index (χ1) is 7.65. The summed E-state index contributed by atoms with van der Waals surface area (Å²) in [7, 11) is 0. The Morgan fingerprint density at radius 2 is 2.12 bits per heavy atom. The van der Waals surface area contributed by atoms with Gasteiger partial charge in [-0.2, -0.15) is 0 Å². The van der Waals surface area contributed by atoms with Gasteiger partial charge < -0.3 is 10.6 Å². The molecule has 0 saturated heterocycles. The smallest absolute Gasteiger partial charge is 0.252 e. The molecule has 0 aromatic heterocycles. The van der Waals surface area contributed by atoms with Crippen molar-refractivity contribution in [2.75, 3.05) is 19.6 Å². The van der Waals surface area contributed by atoms with Crippen molar-refractivity contribution in [3.8, 4) is 0 Å². The summed E-state index contributed by atoms with van der Waals surface area (Å²) in [4.78, 5) is 11.7. The highest BCUT2D eigenvalue weighted by Crippen LogP contribution is 2.17. The van der Waals surface area contributed by atoms with Crippen LogP contribution in [-0.2, 0) is 0 Å². The van der Waals surface area contributed by atoms with Crippen LogP contribution in [0.5, 0.6) is 0 Å². The molecular formula is C12H17ClN2O. The Balaban J connectivity index is 2.53. The molecule has 88 valence electrons. The van der Waals surface area contributed by atoms with Crippen LogP contribution in [0.2, 0.25) is 5.02 Å². The molecule has 1 rings (SSSR count). The van der Waals surface area contributed by atoms with Crippen LogP contribution >= 0.6 is 11.6 Å². The van der Waals surface area contributed by atoms with Crippen molar-refractivity contribution >= 4 is 17.5 Å². The van der Waals surface area contributed by atoms with Crippen molar-refractivity contribution in [2.24, 2.45) is 0 Å². The molecule has 2 N–H and O–H groups in total. The van der Waals surface area contributed by atoms with E-state index in [4.69, 9.17) is 11.6 Å². The van der Waals surface area contributed by atoms with Gasteiger partial charge in [0.15, 0.2) is 0 Å². The second-order valence-corrected chi connectivity index (χ2v) is 4.00. The van der Waals surface area contributed by atoms with Gasteiger partial charge in [-0.15, -0.1) is 0 Å². The van der Waals surface area contributed by atoms with E-state index in [1.807, 2.05) is 19.9 Å². The van der Waals surface area contributed by atoms with E-state index in [2.05, 4.69) is 10.6 Å². The van der Waals surface area contributed by atoms with Crippen LogP contribution in [0.4, 0.5) is 0 Å². The van der Waals surface area contributed by atoms with E-state index in [1.165, 1.54) is 0 Å². The molecule has 0 radical (unpaired) electrons. The van der Waals surface area contributed by atoms with Crippen LogP contribution in [0.15, 0.2) is 18.2 Å². The number of rotatable bonds is 5. The van der Waals surface area contributed by atoms with Gasteiger partial charge >= 0.3 is 0 Å². The fourth-order valence-corrected chi connectivity index (χ4v) is 1.66. The summed E-state index contributed by atoms with van der Waals surface area (Å²) in [5.74, 6) is -0.122. The zero-order valence-corrected chi connectivity index (χ0v) is 10.4. The second-order valence-electron chi connectivity index (χ2n) is 3.59. The van der Waals surface area contributed by atoms with Crippen LogP contribution in [0.25, 0.3) is 0 Å². The van der Waals surface area contributed by atoms with Gasteiger partial charge in [0, 0.05) is 13.1 Å². The maximum atomic E-state index is 11.7. The summed E-state index contributed by atoms with van der Waals surface area (Å²) in [5.41, 5.74) is 1.58. The van der Waals surface area contributed by atoms with E-state index in [0.29, 0.717) is 17.1 Å². The minimum absolute atomic E-state index is 0.122. The van der Waals surface area contributed by atoms with E-state index in [1.54, 1.807) is 12.1 Å². The van der Waals surface area contributed by atoms with Crippen LogP contribution in [0.1, 0.15) is 22.8 Å². The maximum Gasteiger partial charge on any atom is 0.252 e. The molecular weight excluding hydrogens is 224 g/mol. The van der Waals surface area contributed by atoms with E-state index in [0.717, 1.165) is 18.7 Å². The van der Waals surface area contributed by atoms with Gasteiger partial charge in [0.25, 0.3) is 5.91 Å². The molecule has 1 aromatic carbocycles. The molecule has 0 saturated carbocycles. The van der Waals surface area contributed by atoms with Crippen LogP contribution < -0.4 is 10.6 Å². The van der Waals surface area contributed by atoms with E-state index in [-0.39, 0.29) is 5.91 Å². The van der Waals surface area contributed by atoms with Gasteiger partial charge in [0.1, 0.15) is 0 Å². The van der Waals surface area contributed by atoms with Gasteiger partial charge in [0.2, 0.25) is 0 Å². The third-order valence-corrected chi connectivity index (χ3v) is 2.52. The minimum atomic E-state index is -0.122. The SMILES string of the molecule is CCNCCNC(=O)c1ccc(C)cc1Cl. The number of hydrogen-bond donors (Lipinski definition) is 2. The number of amides is 1. The van der Waals surface area contributed by atoms with Gasteiger partial charge in [-0.1, -0.05) is 24.6 Å². The lowest BCUT2D eigenvalue weighted by molar-refractivity contribution is 0.0954. The highest BCUT2D eigenvalue weighted by molar-refractivity contribution is 6.33. The zero-order chi connectivity index (χ0) is 12.0. The van der Waals surface area contributed by atoms with Gasteiger partial charge in [0.05, 0.1) is 10.6 Å². The molecule has 0 aliphatic heterocycles. The summed E-state index contributed by atoms with van der Waals surface area (Å²) in [6.45, 7) is 6.25. The molecule has 3 nitrogen and oxygen atoms in total. The lowest BCUT2D eigenvalue weighted by atomic mass is 10.1. The second kappa shape index (κ2) is 6.51.